The predicted octanol–water partition coefficient (Wildman–Crippen LogP) is 4.41. The highest BCUT2D eigenvalue weighted by Gasteiger charge is 2.31. The van der Waals surface area contributed by atoms with Gasteiger partial charge in [0, 0.05) is 42.7 Å². The monoisotopic (exact) mass is 467 g/mol. The Bertz CT molecular complexity index is 1150. The molecule has 0 N–H and O–H groups in total. The van der Waals surface area contributed by atoms with Crippen molar-refractivity contribution in [3.8, 4) is 0 Å². The summed E-state index contributed by atoms with van der Waals surface area (Å²) in [6.45, 7) is 4.39. The SMILES string of the molecule is O=C(c1ccc(Cl)cc1)N1CCN(Cn2nc(C3CC3)n(Cc3ccccc3)c2=S)CC1. The highest BCUT2D eigenvalue weighted by atomic mass is 35.5. The van der Waals surface area contributed by atoms with Crippen molar-refractivity contribution in [3.63, 3.8) is 0 Å². The minimum Gasteiger partial charge on any atom is -0.336 e. The van der Waals surface area contributed by atoms with Crippen molar-refractivity contribution < 1.29 is 4.79 Å². The van der Waals surface area contributed by atoms with Crippen LogP contribution in [0.5, 0.6) is 0 Å². The lowest BCUT2D eigenvalue weighted by Crippen LogP contribution is -2.49. The van der Waals surface area contributed by atoms with Crippen LogP contribution in [0.3, 0.4) is 0 Å². The molecule has 1 aliphatic heterocycles. The molecule has 6 nitrogen and oxygen atoms in total. The Morgan fingerprint density at radius 3 is 2.34 bits per heavy atom. The molecule has 2 heterocycles. The average Bonchev–Trinajstić information content (AvgIpc) is 3.62. The lowest BCUT2D eigenvalue weighted by atomic mass is 10.2. The first kappa shape index (κ1) is 21.4. The zero-order valence-electron chi connectivity index (χ0n) is 17.9. The zero-order valence-corrected chi connectivity index (χ0v) is 19.4. The highest BCUT2D eigenvalue weighted by molar-refractivity contribution is 7.71. The number of carbonyl (C=O) groups excluding carboxylic acids is 1. The third kappa shape index (κ3) is 4.65. The summed E-state index contributed by atoms with van der Waals surface area (Å²) in [6.07, 6.45) is 2.37. The molecule has 0 radical (unpaired) electrons. The summed E-state index contributed by atoms with van der Waals surface area (Å²) in [4.78, 5) is 17.0. The molecular formula is C24H26ClN5OS. The molecule has 32 heavy (non-hydrogen) atoms. The molecule has 1 aromatic heterocycles. The van der Waals surface area contributed by atoms with E-state index in [1.54, 1.807) is 24.3 Å². The van der Waals surface area contributed by atoms with E-state index in [1.807, 2.05) is 15.6 Å². The topological polar surface area (TPSA) is 46.3 Å². The Morgan fingerprint density at radius 1 is 1.00 bits per heavy atom. The molecule has 0 atom stereocenters. The molecule has 2 aromatic carbocycles. The Kier molecular flexibility index (Phi) is 6.13. The number of nitrogens with zero attached hydrogens (tertiary/aromatic N) is 5. The van der Waals surface area contributed by atoms with Crippen LogP contribution in [0.15, 0.2) is 54.6 Å². The number of benzene rings is 2. The van der Waals surface area contributed by atoms with Crippen molar-refractivity contribution >= 4 is 29.7 Å². The van der Waals surface area contributed by atoms with E-state index in [0.717, 1.165) is 30.2 Å². The fourth-order valence-corrected chi connectivity index (χ4v) is 4.55. The number of rotatable bonds is 6. The summed E-state index contributed by atoms with van der Waals surface area (Å²) < 4.78 is 4.93. The normalized spacial score (nSPS) is 17.0. The zero-order chi connectivity index (χ0) is 22.1. The Hall–Kier alpha value is -2.48. The maximum Gasteiger partial charge on any atom is 0.253 e. The van der Waals surface area contributed by atoms with Crippen LogP contribution < -0.4 is 0 Å². The molecule has 8 heteroatoms. The van der Waals surface area contributed by atoms with Crippen molar-refractivity contribution in [1.29, 1.82) is 0 Å². The van der Waals surface area contributed by atoms with Gasteiger partial charge in [-0.3, -0.25) is 14.3 Å². The van der Waals surface area contributed by atoms with Gasteiger partial charge in [-0.1, -0.05) is 41.9 Å². The number of aromatic nitrogens is 3. The average molecular weight is 468 g/mol. The van der Waals surface area contributed by atoms with Crippen LogP contribution >= 0.6 is 23.8 Å². The van der Waals surface area contributed by atoms with Crippen LogP contribution in [0, 0.1) is 4.77 Å². The fraction of sp³-hybridized carbons (Fsp3) is 0.375. The van der Waals surface area contributed by atoms with Crippen LogP contribution in [-0.4, -0.2) is 56.2 Å². The van der Waals surface area contributed by atoms with Crippen molar-refractivity contribution in [2.45, 2.75) is 32.0 Å². The second-order valence-electron chi connectivity index (χ2n) is 8.54. The van der Waals surface area contributed by atoms with Gasteiger partial charge in [-0.2, -0.15) is 5.10 Å². The van der Waals surface area contributed by atoms with E-state index in [4.69, 9.17) is 28.9 Å². The number of hydrogen-bond donors (Lipinski definition) is 0. The summed E-state index contributed by atoms with van der Waals surface area (Å²) >= 11 is 11.8. The fourth-order valence-electron chi connectivity index (χ4n) is 4.16. The number of piperazine rings is 1. The van der Waals surface area contributed by atoms with Gasteiger partial charge in [-0.05, 0) is 54.9 Å². The molecule has 3 aromatic rings. The molecule has 0 unspecified atom stereocenters. The van der Waals surface area contributed by atoms with Crippen LogP contribution in [-0.2, 0) is 13.2 Å². The van der Waals surface area contributed by atoms with Gasteiger partial charge in [0.25, 0.3) is 5.91 Å². The molecule has 2 fully saturated rings. The molecule has 166 valence electrons. The Balaban J connectivity index is 1.25. The predicted molar refractivity (Wildman–Crippen MR) is 127 cm³/mol. The lowest BCUT2D eigenvalue weighted by molar-refractivity contribution is 0.0585. The Morgan fingerprint density at radius 2 is 1.69 bits per heavy atom. The van der Waals surface area contributed by atoms with Crippen molar-refractivity contribution in [3.05, 3.63) is 81.3 Å². The number of carbonyl (C=O) groups is 1. The number of halogens is 1. The molecule has 5 rings (SSSR count). The van der Waals surface area contributed by atoms with Crippen molar-refractivity contribution in [2.24, 2.45) is 0 Å². The molecule has 2 aliphatic rings. The smallest absolute Gasteiger partial charge is 0.253 e. The summed E-state index contributed by atoms with van der Waals surface area (Å²) in [5.74, 6) is 1.69. The summed E-state index contributed by atoms with van der Waals surface area (Å²) in [7, 11) is 0. The van der Waals surface area contributed by atoms with E-state index in [9.17, 15) is 4.79 Å². The number of hydrogen-bond acceptors (Lipinski definition) is 4. The standard InChI is InChI=1S/C24H26ClN5OS/c25-21-10-8-20(9-11-21)23(31)28-14-12-27(13-15-28)17-30-24(32)29(22(26-30)19-6-7-19)16-18-4-2-1-3-5-18/h1-5,8-11,19H,6-7,12-17H2. The van der Waals surface area contributed by atoms with Gasteiger partial charge >= 0.3 is 0 Å². The molecule has 1 saturated heterocycles. The van der Waals surface area contributed by atoms with Crippen LogP contribution in [0.1, 0.15) is 40.5 Å². The third-order valence-electron chi connectivity index (χ3n) is 6.16. The van der Waals surface area contributed by atoms with E-state index < -0.39 is 0 Å². The third-order valence-corrected chi connectivity index (χ3v) is 6.85. The Labute approximate surface area is 198 Å². The van der Waals surface area contributed by atoms with Gasteiger partial charge in [0.2, 0.25) is 0 Å². The molecule has 0 spiro atoms. The minimum absolute atomic E-state index is 0.0566. The van der Waals surface area contributed by atoms with E-state index >= 15 is 0 Å². The van der Waals surface area contributed by atoms with Crippen LogP contribution in [0.4, 0.5) is 0 Å². The van der Waals surface area contributed by atoms with E-state index in [1.165, 1.54) is 18.4 Å². The lowest BCUT2D eigenvalue weighted by Gasteiger charge is -2.34. The molecule has 1 aliphatic carbocycles. The molecular weight excluding hydrogens is 442 g/mol. The maximum atomic E-state index is 12.8. The highest BCUT2D eigenvalue weighted by Crippen LogP contribution is 2.39. The summed E-state index contributed by atoms with van der Waals surface area (Å²) in [5.41, 5.74) is 1.91. The minimum atomic E-state index is 0.0566. The first-order valence-corrected chi connectivity index (χ1v) is 11.9. The van der Waals surface area contributed by atoms with Gasteiger partial charge in [0.05, 0.1) is 13.2 Å². The largest absolute Gasteiger partial charge is 0.336 e. The van der Waals surface area contributed by atoms with Crippen molar-refractivity contribution in [2.75, 3.05) is 26.2 Å². The maximum absolute atomic E-state index is 12.8. The van der Waals surface area contributed by atoms with Crippen LogP contribution in [0.2, 0.25) is 5.02 Å². The van der Waals surface area contributed by atoms with Gasteiger partial charge in [0.15, 0.2) is 4.77 Å². The molecule has 1 amide bonds. The van der Waals surface area contributed by atoms with Crippen molar-refractivity contribution in [1.82, 2.24) is 24.1 Å². The second kappa shape index (κ2) is 9.17. The quantitative estimate of drug-likeness (QED) is 0.504. The summed E-state index contributed by atoms with van der Waals surface area (Å²) in [6, 6.07) is 17.5. The van der Waals surface area contributed by atoms with E-state index in [0.29, 0.717) is 36.3 Å². The first-order valence-electron chi connectivity index (χ1n) is 11.1. The second-order valence-corrected chi connectivity index (χ2v) is 9.35. The van der Waals surface area contributed by atoms with E-state index in [2.05, 4.69) is 33.7 Å². The number of amides is 1. The molecule has 0 bridgehead atoms. The summed E-state index contributed by atoms with van der Waals surface area (Å²) in [5, 5.41) is 5.55. The van der Waals surface area contributed by atoms with E-state index in [-0.39, 0.29) is 5.91 Å². The van der Waals surface area contributed by atoms with Gasteiger partial charge in [-0.25, -0.2) is 4.68 Å². The molecule has 1 saturated carbocycles. The first-order chi connectivity index (χ1) is 15.6. The van der Waals surface area contributed by atoms with Crippen LogP contribution in [0.25, 0.3) is 0 Å². The van der Waals surface area contributed by atoms with Gasteiger partial charge in [0.1, 0.15) is 5.82 Å². The van der Waals surface area contributed by atoms with Gasteiger partial charge < -0.3 is 4.90 Å². The van der Waals surface area contributed by atoms with Gasteiger partial charge in [-0.15, -0.1) is 0 Å².